The maximum Gasteiger partial charge on any atom is 0.282 e. The van der Waals surface area contributed by atoms with Crippen molar-refractivity contribution in [1.82, 2.24) is 5.32 Å². The molecule has 0 saturated carbocycles. The Morgan fingerprint density at radius 2 is 2.44 bits per heavy atom. The first kappa shape index (κ1) is 8.29. The van der Waals surface area contributed by atoms with Crippen molar-refractivity contribution in [2.75, 3.05) is 6.54 Å². The first-order valence-electron chi connectivity index (χ1n) is 2.46. The lowest BCUT2D eigenvalue weighted by Crippen LogP contribution is -2.33. The van der Waals surface area contributed by atoms with E-state index in [9.17, 15) is 4.79 Å². The standard InChI is InChI=1S/C4H9N3OS/c1-2-6-3(5)7-4(8)9/h2H2,1H3,(H4,5,6,7,8,9). The van der Waals surface area contributed by atoms with Gasteiger partial charge >= 0.3 is 0 Å². The Balaban J connectivity index is 3.62. The number of hydrogen-bond donors (Lipinski definition) is 3. The van der Waals surface area contributed by atoms with Crippen molar-refractivity contribution in [3.63, 3.8) is 0 Å². The first-order valence-corrected chi connectivity index (χ1v) is 2.91. The van der Waals surface area contributed by atoms with Crippen LogP contribution in [0.3, 0.4) is 0 Å². The van der Waals surface area contributed by atoms with Gasteiger partial charge in [0.05, 0.1) is 0 Å². The summed E-state index contributed by atoms with van der Waals surface area (Å²) in [6, 6.07) is 0. The van der Waals surface area contributed by atoms with Crippen LogP contribution in [-0.4, -0.2) is 17.7 Å². The fraction of sp³-hybridized carbons (Fsp3) is 0.500. The summed E-state index contributed by atoms with van der Waals surface area (Å²) in [5, 5.41) is 1.70. The highest BCUT2D eigenvalue weighted by Crippen LogP contribution is 1.74. The van der Waals surface area contributed by atoms with Gasteiger partial charge < -0.3 is 5.73 Å². The first-order chi connectivity index (χ1) is 4.16. The van der Waals surface area contributed by atoms with Crippen molar-refractivity contribution in [3.8, 4) is 0 Å². The zero-order valence-electron chi connectivity index (χ0n) is 5.09. The fourth-order valence-corrected chi connectivity index (χ4v) is 0.434. The summed E-state index contributed by atoms with van der Waals surface area (Å²) in [6.07, 6.45) is 0. The minimum atomic E-state index is -0.496. The van der Waals surface area contributed by atoms with Crippen LogP contribution in [0.5, 0.6) is 0 Å². The zero-order valence-corrected chi connectivity index (χ0v) is 5.98. The molecule has 0 atom stereocenters. The molecule has 0 radical (unpaired) electrons. The summed E-state index contributed by atoms with van der Waals surface area (Å²) in [5.74, 6) is 0.109. The SMILES string of the molecule is CCN=C(N)NC(=O)S. The number of guanidine groups is 1. The molecule has 0 aromatic rings. The van der Waals surface area contributed by atoms with Gasteiger partial charge in [0, 0.05) is 6.54 Å². The predicted octanol–water partition coefficient (Wildman–Crippen LogP) is -0.0396. The smallest absolute Gasteiger partial charge is 0.282 e. The van der Waals surface area contributed by atoms with Crippen LogP contribution in [0.25, 0.3) is 0 Å². The molecule has 5 heteroatoms. The number of nitrogens with one attached hydrogen (secondary N) is 1. The number of rotatable bonds is 1. The van der Waals surface area contributed by atoms with Crippen molar-refractivity contribution in [1.29, 1.82) is 0 Å². The van der Waals surface area contributed by atoms with E-state index >= 15 is 0 Å². The van der Waals surface area contributed by atoms with Crippen LogP contribution >= 0.6 is 12.6 Å². The predicted molar refractivity (Wildman–Crippen MR) is 39.7 cm³/mol. The summed E-state index contributed by atoms with van der Waals surface area (Å²) in [4.78, 5) is 13.8. The number of amides is 1. The van der Waals surface area contributed by atoms with Crippen LogP contribution in [0, 0.1) is 0 Å². The van der Waals surface area contributed by atoms with Gasteiger partial charge in [0.25, 0.3) is 5.24 Å². The molecule has 1 amide bonds. The van der Waals surface area contributed by atoms with E-state index in [4.69, 9.17) is 5.73 Å². The number of nitrogens with two attached hydrogens (primary N) is 1. The summed E-state index contributed by atoms with van der Waals surface area (Å²) in [6.45, 7) is 2.37. The second-order valence-corrected chi connectivity index (χ2v) is 1.70. The van der Waals surface area contributed by atoms with Crippen molar-refractivity contribution >= 4 is 23.8 Å². The van der Waals surface area contributed by atoms with Crippen molar-refractivity contribution in [2.24, 2.45) is 10.7 Å². The third kappa shape index (κ3) is 5.16. The highest BCUT2D eigenvalue weighted by atomic mass is 32.1. The van der Waals surface area contributed by atoms with Gasteiger partial charge in [-0.05, 0) is 6.92 Å². The molecule has 0 heterocycles. The van der Waals surface area contributed by atoms with E-state index < -0.39 is 5.24 Å². The number of hydrogen-bond acceptors (Lipinski definition) is 2. The van der Waals surface area contributed by atoms with E-state index in [1.165, 1.54) is 0 Å². The minimum Gasteiger partial charge on any atom is -0.370 e. The van der Waals surface area contributed by atoms with E-state index in [2.05, 4.69) is 22.9 Å². The van der Waals surface area contributed by atoms with Crippen molar-refractivity contribution in [2.45, 2.75) is 6.92 Å². The Morgan fingerprint density at radius 3 is 2.78 bits per heavy atom. The summed E-state index contributed by atoms with van der Waals surface area (Å²) in [7, 11) is 0. The Bertz CT molecular complexity index is 134. The molecule has 0 fully saturated rings. The summed E-state index contributed by atoms with van der Waals surface area (Å²) >= 11 is 3.42. The molecule has 0 aliphatic carbocycles. The van der Waals surface area contributed by atoms with Crippen molar-refractivity contribution in [3.05, 3.63) is 0 Å². The highest BCUT2D eigenvalue weighted by molar-refractivity contribution is 7.96. The quantitative estimate of drug-likeness (QED) is 0.277. The molecule has 0 aromatic heterocycles. The summed E-state index contributed by atoms with van der Waals surface area (Å²) < 4.78 is 0. The molecule has 0 rings (SSSR count). The van der Waals surface area contributed by atoms with Gasteiger partial charge in [-0.1, -0.05) is 12.6 Å². The number of thiol groups is 1. The lowest BCUT2D eigenvalue weighted by atomic mass is 10.8. The molecule has 0 saturated heterocycles. The van der Waals surface area contributed by atoms with Crippen LogP contribution < -0.4 is 11.1 Å². The van der Waals surface area contributed by atoms with E-state index in [1.54, 1.807) is 0 Å². The van der Waals surface area contributed by atoms with E-state index in [-0.39, 0.29) is 5.96 Å². The third-order valence-electron chi connectivity index (χ3n) is 0.563. The molecule has 0 aliphatic rings. The lowest BCUT2D eigenvalue weighted by molar-refractivity contribution is 0.264. The van der Waals surface area contributed by atoms with Gasteiger partial charge in [-0.2, -0.15) is 0 Å². The molecule has 52 valence electrons. The zero-order chi connectivity index (χ0) is 7.28. The molecule has 9 heavy (non-hydrogen) atoms. The topological polar surface area (TPSA) is 67.5 Å². The number of aliphatic imine (C=N–C) groups is 1. The Labute approximate surface area is 58.9 Å². The van der Waals surface area contributed by atoms with Crippen LogP contribution in [0.4, 0.5) is 4.79 Å². The minimum absolute atomic E-state index is 0.109. The Morgan fingerprint density at radius 1 is 1.89 bits per heavy atom. The average molecular weight is 147 g/mol. The lowest BCUT2D eigenvalue weighted by Gasteiger charge is -1.96. The third-order valence-corrected chi connectivity index (χ3v) is 0.675. The molecule has 0 bridgehead atoms. The van der Waals surface area contributed by atoms with Crippen LogP contribution in [0.1, 0.15) is 6.92 Å². The molecular formula is C4H9N3OS. The molecule has 0 unspecified atom stereocenters. The molecule has 0 aromatic carbocycles. The number of carbonyl (C=O) groups excluding carboxylic acids is 1. The van der Waals surface area contributed by atoms with Gasteiger partial charge in [0.1, 0.15) is 0 Å². The van der Waals surface area contributed by atoms with Crippen LogP contribution in [-0.2, 0) is 0 Å². The molecule has 4 nitrogen and oxygen atoms in total. The average Bonchev–Trinajstić information content (AvgIpc) is 1.63. The van der Waals surface area contributed by atoms with Gasteiger partial charge in [0.15, 0.2) is 5.96 Å². The normalized spacial score (nSPS) is 11.1. The van der Waals surface area contributed by atoms with E-state index in [0.717, 1.165) is 0 Å². The monoisotopic (exact) mass is 147 g/mol. The largest absolute Gasteiger partial charge is 0.370 e. The fourth-order valence-electron chi connectivity index (χ4n) is 0.319. The van der Waals surface area contributed by atoms with Crippen LogP contribution in [0.2, 0.25) is 0 Å². The molecular weight excluding hydrogens is 138 g/mol. The maximum atomic E-state index is 10.1. The Kier molecular flexibility index (Phi) is 3.87. The number of nitrogens with zero attached hydrogens (tertiary/aromatic N) is 1. The van der Waals surface area contributed by atoms with E-state index in [0.29, 0.717) is 6.54 Å². The summed E-state index contributed by atoms with van der Waals surface area (Å²) in [5.41, 5.74) is 5.15. The van der Waals surface area contributed by atoms with Gasteiger partial charge in [-0.3, -0.25) is 15.1 Å². The molecule has 0 spiro atoms. The van der Waals surface area contributed by atoms with Gasteiger partial charge in [0.2, 0.25) is 0 Å². The highest BCUT2D eigenvalue weighted by Gasteiger charge is 1.91. The molecule has 3 N–H and O–H groups in total. The maximum absolute atomic E-state index is 10.1. The van der Waals surface area contributed by atoms with Gasteiger partial charge in [-0.25, -0.2) is 0 Å². The number of carbonyl (C=O) groups is 1. The van der Waals surface area contributed by atoms with Gasteiger partial charge in [-0.15, -0.1) is 0 Å². The van der Waals surface area contributed by atoms with Crippen LogP contribution in [0.15, 0.2) is 4.99 Å². The Hall–Kier alpha value is -0.710. The molecule has 0 aliphatic heterocycles. The van der Waals surface area contributed by atoms with E-state index in [1.807, 2.05) is 6.92 Å². The second kappa shape index (κ2) is 4.20. The van der Waals surface area contributed by atoms with Crippen molar-refractivity contribution < 1.29 is 4.79 Å². The second-order valence-electron chi connectivity index (χ2n) is 1.29.